The molecule has 2 aromatic rings. The van der Waals surface area contributed by atoms with Crippen molar-refractivity contribution in [2.45, 2.75) is 12.0 Å². The van der Waals surface area contributed by atoms with Gasteiger partial charge in [-0.25, -0.2) is 0 Å². The highest BCUT2D eigenvalue weighted by Crippen LogP contribution is 2.56. The molecule has 4 rings (SSSR count). The number of rotatable bonds is 4. The third-order valence-electron chi connectivity index (χ3n) is 5.64. The van der Waals surface area contributed by atoms with Crippen LogP contribution in [0, 0.1) is 11.8 Å². The number of hydrogen-bond donors (Lipinski definition) is 3. The summed E-state index contributed by atoms with van der Waals surface area (Å²) in [6, 6.07) is 8.77. The highest BCUT2D eigenvalue weighted by molar-refractivity contribution is 5.55. The monoisotopic (exact) mass is 358 g/mol. The third kappa shape index (κ3) is 2.40. The van der Waals surface area contributed by atoms with Gasteiger partial charge in [0, 0.05) is 24.4 Å². The minimum absolute atomic E-state index is 0.0175. The van der Waals surface area contributed by atoms with E-state index in [9.17, 15) is 15.3 Å². The first-order valence-electron chi connectivity index (χ1n) is 8.59. The van der Waals surface area contributed by atoms with Gasteiger partial charge in [-0.1, -0.05) is 6.07 Å². The van der Waals surface area contributed by atoms with Gasteiger partial charge in [0.2, 0.25) is 0 Å². The number of ether oxygens (including phenoxy) is 3. The summed E-state index contributed by atoms with van der Waals surface area (Å²) in [7, 11) is 3.02. The Labute approximate surface area is 151 Å². The van der Waals surface area contributed by atoms with Crippen LogP contribution >= 0.6 is 0 Å². The molecule has 2 aromatic carbocycles. The molecule has 1 saturated heterocycles. The van der Waals surface area contributed by atoms with Crippen molar-refractivity contribution in [1.82, 2.24) is 0 Å². The second kappa shape index (κ2) is 6.37. The van der Waals surface area contributed by atoms with Crippen LogP contribution in [-0.4, -0.2) is 42.8 Å². The number of aromatic hydroxyl groups is 2. The van der Waals surface area contributed by atoms with E-state index in [1.54, 1.807) is 24.3 Å². The lowest BCUT2D eigenvalue weighted by atomic mass is 9.67. The summed E-state index contributed by atoms with van der Waals surface area (Å²) in [6.07, 6.45) is -0.218. The highest BCUT2D eigenvalue weighted by Gasteiger charge is 2.49. The zero-order valence-corrected chi connectivity index (χ0v) is 14.7. The van der Waals surface area contributed by atoms with Crippen LogP contribution in [0.3, 0.4) is 0 Å². The summed E-state index contributed by atoms with van der Waals surface area (Å²) >= 11 is 0. The Kier molecular flexibility index (Phi) is 4.17. The topological polar surface area (TPSA) is 88.4 Å². The zero-order valence-electron chi connectivity index (χ0n) is 14.7. The van der Waals surface area contributed by atoms with Gasteiger partial charge in [0.25, 0.3) is 0 Å². The van der Waals surface area contributed by atoms with Crippen molar-refractivity contribution in [2.75, 3.05) is 27.4 Å². The Morgan fingerprint density at radius 3 is 2.42 bits per heavy atom. The molecule has 0 aromatic heterocycles. The minimum Gasteiger partial charge on any atom is -0.504 e. The smallest absolute Gasteiger partial charge is 0.160 e. The summed E-state index contributed by atoms with van der Waals surface area (Å²) in [6.45, 7) is 0.533. The van der Waals surface area contributed by atoms with E-state index < -0.39 is 0 Å². The van der Waals surface area contributed by atoms with Crippen molar-refractivity contribution in [2.24, 2.45) is 11.8 Å². The maximum absolute atomic E-state index is 10.3. The molecule has 6 nitrogen and oxygen atoms in total. The summed E-state index contributed by atoms with van der Waals surface area (Å²) in [5.74, 6) is 0.862. The molecule has 1 aliphatic heterocycles. The summed E-state index contributed by atoms with van der Waals surface area (Å²) in [5, 5.41) is 30.2. The first kappa shape index (κ1) is 17.0. The number of phenols is 2. The van der Waals surface area contributed by atoms with E-state index in [0.717, 1.165) is 16.7 Å². The predicted octanol–water partition coefficient (Wildman–Crippen LogP) is 2.56. The lowest BCUT2D eigenvalue weighted by Crippen LogP contribution is -2.31. The Bertz CT molecular complexity index is 833. The summed E-state index contributed by atoms with van der Waals surface area (Å²) in [4.78, 5) is 0. The molecule has 138 valence electrons. The van der Waals surface area contributed by atoms with Crippen molar-refractivity contribution in [3.8, 4) is 23.0 Å². The number of methoxy groups -OCH3 is 2. The fourth-order valence-corrected chi connectivity index (χ4v) is 4.41. The minimum atomic E-state index is -0.218. The molecular formula is C20H22O6. The maximum Gasteiger partial charge on any atom is 0.160 e. The third-order valence-corrected chi connectivity index (χ3v) is 5.64. The van der Waals surface area contributed by atoms with Crippen LogP contribution in [0.15, 0.2) is 30.3 Å². The zero-order chi connectivity index (χ0) is 18.4. The van der Waals surface area contributed by atoms with Crippen molar-refractivity contribution < 1.29 is 29.5 Å². The molecule has 1 heterocycles. The van der Waals surface area contributed by atoms with Crippen molar-refractivity contribution in [3.05, 3.63) is 47.0 Å². The van der Waals surface area contributed by atoms with Crippen molar-refractivity contribution in [3.63, 3.8) is 0 Å². The van der Waals surface area contributed by atoms with Crippen LogP contribution in [0.25, 0.3) is 0 Å². The maximum atomic E-state index is 10.3. The van der Waals surface area contributed by atoms with Gasteiger partial charge < -0.3 is 29.5 Å². The van der Waals surface area contributed by atoms with Crippen molar-refractivity contribution in [1.29, 1.82) is 0 Å². The quantitative estimate of drug-likeness (QED) is 0.778. The average molecular weight is 358 g/mol. The van der Waals surface area contributed by atoms with Gasteiger partial charge in [0.15, 0.2) is 23.0 Å². The second-order valence-corrected chi connectivity index (χ2v) is 6.83. The predicted molar refractivity (Wildman–Crippen MR) is 93.9 cm³/mol. The Hall–Kier alpha value is -2.44. The second-order valence-electron chi connectivity index (χ2n) is 6.83. The van der Waals surface area contributed by atoms with E-state index in [0.29, 0.717) is 18.1 Å². The van der Waals surface area contributed by atoms with E-state index >= 15 is 0 Å². The largest absolute Gasteiger partial charge is 0.504 e. The van der Waals surface area contributed by atoms with Crippen molar-refractivity contribution >= 4 is 0 Å². The van der Waals surface area contributed by atoms with Crippen LogP contribution < -0.4 is 9.47 Å². The van der Waals surface area contributed by atoms with Gasteiger partial charge in [-0.15, -0.1) is 0 Å². The number of fused-ring (bicyclic) bond motifs is 4. The Morgan fingerprint density at radius 1 is 1.00 bits per heavy atom. The fraction of sp³-hybridized carbons (Fsp3) is 0.400. The highest BCUT2D eigenvalue weighted by atomic mass is 16.5. The van der Waals surface area contributed by atoms with Gasteiger partial charge in [-0.05, 0) is 41.0 Å². The molecule has 3 N–H and O–H groups in total. The normalized spacial score (nSPS) is 26.4. The number of hydrogen-bond acceptors (Lipinski definition) is 6. The van der Waals surface area contributed by atoms with E-state index in [1.165, 1.54) is 14.2 Å². The standard InChI is InChI=1S/C20H22O6/c1-24-17-5-10(3-4-15(17)22)19-11-6-16(23)18(25-2)7-12(11)20-13(8-21)14(19)9-26-20/h3-7,13-14,19-23H,8-9H2,1-2H3/t13?,14-,19-,20-/m0/s1. The number of benzene rings is 2. The first-order valence-corrected chi connectivity index (χ1v) is 8.59. The molecule has 0 amide bonds. The molecular weight excluding hydrogens is 336 g/mol. The van der Waals surface area contributed by atoms with Crippen LogP contribution in [0.1, 0.15) is 28.7 Å². The van der Waals surface area contributed by atoms with Gasteiger partial charge in [0.1, 0.15) is 0 Å². The summed E-state index contributed by atoms with van der Waals surface area (Å²) < 4.78 is 16.5. The SMILES string of the molecule is COc1cc([C@H]2c3cc(O)c(OC)cc3[C@@H]3OC[C@H]2C3CO)ccc1O. The molecule has 6 heteroatoms. The number of aliphatic hydroxyl groups is 1. The van der Waals surface area contributed by atoms with Crippen LogP contribution in [-0.2, 0) is 4.74 Å². The fourth-order valence-electron chi connectivity index (χ4n) is 4.41. The lowest BCUT2D eigenvalue weighted by Gasteiger charge is -2.36. The van der Waals surface area contributed by atoms with Crippen LogP contribution in [0.2, 0.25) is 0 Å². The molecule has 1 fully saturated rings. The van der Waals surface area contributed by atoms with Crippen LogP contribution in [0.4, 0.5) is 0 Å². The van der Waals surface area contributed by atoms with Gasteiger partial charge in [0.05, 0.1) is 26.9 Å². The molecule has 0 spiro atoms. The first-order chi connectivity index (χ1) is 12.6. The Morgan fingerprint density at radius 2 is 1.73 bits per heavy atom. The number of phenolic OH excluding ortho intramolecular Hbond substituents is 2. The summed E-state index contributed by atoms with van der Waals surface area (Å²) in [5.41, 5.74) is 2.82. The van der Waals surface area contributed by atoms with Gasteiger partial charge in [-0.2, -0.15) is 0 Å². The van der Waals surface area contributed by atoms with Crippen LogP contribution in [0.5, 0.6) is 23.0 Å². The molecule has 0 saturated carbocycles. The van der Waals surface area contributed by atoms with Gasteiger partial charge in [-0.3, -0.25) is 0 Å². The molecule has 26 heavy (non-hydrogen) atoms. The molecule has 2 aliphatic rings. The van der Waals surface area contributed by atoms with E-state index in [1.807, 2.05) is 6.07 Å². The molecule has 2 bridgehead atoms. The van der Waals surface area contributed by atoms with E-state index in [2.05, 4.69) is 0 Å². The van der Waals surface area contributed by atoms with E-state index in [4.69, 9.17) is 14.2 Å². The average Bonchev–Trinajstić information content (AvgIpc) is 2.99. The Balaban J connectivity index is 1.91. The number of aliphatic hydroxyl groups excluding tert-OH is 1. The molecule has 0 radical (unpaired) electrons. The molecule has 4 atom stereocenters. The lowest BCUT2D eigenvalue weighted by molar-refractivity contribution is 0.0693. The molecule has 1 unspecified atom stereocenters. The van der Waals surface area contributed by atoms with Gasteiger partial charge >= 0.3 is 0 Å². The van der Waals surface area contributed by atoms with E-state index in [-0.39, 0.29) is 42.0 Å². The molecule has 1 aliphatic carbocycles.